The van der Waals surface area contributed by atoms with Gasteiger partial charge in [0.1, 0.15) is 0 Å². The zero-order valence-corrected chi connectivity index (χ0v) is 13.4. The van der Waals surface area contributed by atoms with Crippen molar-refractivity contribution >= 4 is 11.9 Å². The van der Waals surface area contributed by atoms with Gasteiger partial charge < -0.3 is 10.1 Å². The molecular formula is C17H20F3NO3. The van der Waals surface area contributed by atoms with Crippen molar-refractivity contribution in [3.8, 4) is 0 Å². The van der Waals surface area contributed by atoms with E-state index in [1.807, 2.05) is 0 Å². The molecular weight excluding hydrogens is 323 g/mol. The summed E-state index contributed by atoms with van der Waals surface area (Å²) in [6.45, 7) is 1.63. The van der Waals surface area contributed by atoms with Crippen LogP contribution in [0.15, 0.2) is 24.3 Å². The minimum absolute atomic E-state index is 0.0261. The lowest BCUT2D eigenvalue weighted by atomic mass is 9.86. The first-order valence-corrected chi connectivity index (χ1v) is 7.91. The van der Waals surface area contributed by atoms with Crippen molar-refractivity contribution < 1.29 is 27.5 Å². The first kappa shape index (κ1) is 18.3. The monoisotopic (exact) mass is 343 g/mol. The molecule has 2 atom stereocenters. The molecule has 1 amide bonds. The second kappa shape index (κ2) is 7.68. The lowest BCUT2D eigenvalue weighted by molar-refractivity contribution is -0.137. The fourth-order valence-corrected chi connectivity index (χ4v) is 2.79. The van der Waals surface area contributed by atoms with E-state index in [4.69, 9.17) is 4.74 Å². The third-order valence-corrected chi connectivity index (χ3v) is 4.24. The highest BCUT2D eigenvalue weighted by atomic mass is 19.4. The average Bonchev–Trinajstić information content (AvgIpc) is 2.54. The van der Waals surface area contributed by atoms with Crippen molar-refractivity contribution in [2.75, 3.05) is 6.61 Å². The molecule has 2 rings (SSSR count). The van der Waals surface area contributed by atoms with Crippen LogP contribution in [0.5, 0.6) is 0 Å². The van der Waals surface area contributed by atoms with Crippen LogP contribution in [-0.2, 0) is 15.7 Å². The molecule has 0 radical (unpaired) electrons. The number of benzene rings is 1. The number of carbonyl (C=O) groups excluding carboxylic acids is 2. The van der Waals surface area contributed by atoms with E-state index in [2.05, 4.69) is 12.2 Å². The van der Waals surface area contributed by atoms with Crippen molar-refractivity contribution in [2.45, 2.75) is 44.8 Å². The maximum absolute atomic E-state index is 12.5. The Hall–Kier alpha value is -2.05. The molecule has 4 nitrogen and oxygen atoms in total. The molecule has 0 unspecified atom stereocenters. The van der Waals surface area contributed by atoms with Gasteiger partial charge in [0.25, 0.3) is 5.91 Å². The number of nitrogens with one attached hydrogen (secondary N) is 1. The Morgan fingerprint density at radius 2 is 1.79 bits per heavy atom. The second-order valence-electron chi connectivity index (χ2n) is 6.09. The fourth-order valence-electron chi connectivity index (χ4n) is 2.79. The van der Waals surface area contributed by atoms with Crippen LogP contribution in [0.2, 0.25) is 0 Å². The number of hydrogen-bond acceptors (Lipinski definition) is 3. The summed E-state index contributed by atoms with van der Waals surface area (Å²) in [5.74, 6) is -0.835. The lowest BCUT2D eigenvalue weighted by Gasteiger charge is -2.29. The lowest BCUT2D eigenvalue weighted by Crippen LogP contribution is -2.42. The molecule has 0 heterocycles. The Bertz CT molecular complexity index is 584. The quantitative estimate of drug-likeness (QED) is 0.851. The summed E-state index contributed by atoms with van der Waals surface area (Å²) >= 11 is 0. The maximum Gasteiger partial charge on any atom is 0.416 e. The topological polar surface area (TPSA) is 55.4 Å². The number of ether oxygens (including phenoxy) is 1. The van der Waals surface area contributed by atoms with Crippen LogP contribution in [0.3, 0.4) is 0 Å². The number of carbonyl (C=O) groups is 2. The normalized spacial score (nSPS) is 21.2. The summed E-state index contributed by atoms with van der Waals surface area (Å²) in [7, 11) is 0. The zero-order chi connectivity index (χ0) is 17.7. The minimum Gasteiger partial charge on any atom is -0.452 e. The van der Waals surface area contributed by atoms with E-state index in [1.54, 1.807) is 0 Å². The summed E-state index contributed by atoms with van der Waals surface area (Å²) in [5.41, 5.74) is -0.870. The van der Waals surface area contributed by atoms with Crippen LogP contribution >= 0.6 is 0 Å². The highest BCUT2D eigenvalue weighted by Crippen LogP contribution is 2.29. The molecule has 1 saturated carbocycles. The van der Waals surface area contributed by atoms with Crippen LogP contribution < -0.4 is 5.32 Å². The third-order valence-electron chi connectivity index (χ3n) is 4.24. The summed E-state index contributed by atoms with van der Waals surface area (Å²) < 4.78 is 42.2. The molecule has 0 aromatic heterocycles. The Morgan fingerprint density at radius 3 is 2.38 bits per heavy atom. The van der Waals surface area contributed by atoms with Crippen molar-refractivity contribution in [3.63, 3.8) is 0 Å². The summed E-state index contributed by atoms with van der Waals surface area (Å²) in [6, 6.07) is 3.76. The van der Waals surface area contributed by atoms with Gasteiger partial charge in [-0.3, -0.25) is 4.79 Å². The van der Waals surface area contributed by atoms with E-state index in [9.17, 15) is 22.8 Å². The SMILES string of the molecule is C[C@H]1CCCC[C@@H]1NC(=O)COC(=O)c1ccc(C(F)(F)F)cc1. The van der Waals surface area contributed by atoms with Gasteiger partial charge in [-0.1, -0.05) is 19.8 Å². The van der Waals surface area contributed by atoms with Crippen molar-refractivity contribution in [3.05, 3.63) is 35.4 Å². The molecule has 0 spiro atoms. The summed E-state index contributed by atoms with van der Waals surface area (Å²) in [6.07, 6.45) is -0.299. The molecule has 1 fully saturated rings. The Morgan fingerprint density at radius 1 is 1.17 bits per heavy atom. The first-order valence-electron chi connectivity index (χ1n) is 7.91. The van der Waals surface area contributed by atoms with Crippen LogP contribution in [-0.4, -0.2) is 24.5 Å². The average molecular weight is 343 g/mol. The highest BCUT2D eigenvalue weighted by molar-refractivity contribution is 5.91. The zero-order valence-electron chi connectivity index (χ0n) is 13.4. The van der Waals surface area contributed by atoms with Crippen LogP contribution in [0.4, 0.5) is 13.2 Å². The second-order valence-corrected chi connectivity index (χ2v) is 6.09. The van der Waals surface area contributed by atoms with E-state index in [0.717, 1.165) is 49.9 Å². The van der Waals surface area contributed by atoms with E-state index < -0.39 is 30.2 Å². The molecule has 7 heteroatoms. The number of amides is 1. The highest BCUT2D eigenvalue weighted by Gasteiger charge is 2.30. The number of alkyl halides is 3. The third kappa shape index (κ3) is 4.97. The number of rotatable bonds is 4. The van der Waals surface area contributed by atoms with Gasteiger partial charge >= 0.3 is 12.1 Å². The molecule has 1 N–H and O–H groups in total. The van der Waals surface area contributed by atoms with Gasteiger partial charge in [-0.2, -0.15) is 13.2 Å². The van der Waals surface area contributed by atoms with Gasteiger partial charge in [-0.25, -0.2) is 4.79 Å². The Labute approximate surface area is 138 Å². The molecule has 24 heavy (non-hydrogen) atoms. The first-order chi connectivity index (χ1) is 11.3. The van der Waals surface area contributed by atoms with E-state index in [-0.39, 0.29) is 11.6 Å². The van der Waals surface area contributed by atoms with Gasteiger partial charge in [-0.05, 0) is 43.0 Å². The number of halogens is 3. The maximum atomic E-state index is 12.5. The van der Waals surface area contributed by atoms with Crippen LogP contribution in [0.1, 0.15) is 48.5 Å². The minimum atomic E-state index is -4.46. The van der Waals surface area contributed by atoms with E-state index in [1.165, 1.54) is 0 Å². The predicted molar refractivity (Wildman–Crippen MR) is 81.3 cm³/mol. The van der Waals surface area contributed by atoms with Gasteiger partial charge in [0.05, 0.1) is 11.1 Å². The van der Waals surface area contributed by atoms with Gasteiger partial charge in [0.15, 0.2) is 6.61 Å². The molecule has 132 valence electrons. The predicted octanol–water partition coefficient (Wildman–Crippen LogP) is 3.56. The smallest absolute Gasteiger partial charge is 0.416 e. The largest absolute Gasteiger partial charge is 0.452 e. The van der Waals surface area contributed by atoms with Crippen molar-refractivity contribution in [1.29, 1.82) is 0 Å². The van der Waals surface area contributed by atoms with Gasteiger partial charge in [0, 0.05) is 6.04 Å². The molecule has 0 aliphatic heterocycles. The van der Waals surface area contributed by atoms with Crippen LogP contribution in [0.25, 0.3) is 0 Å². The van der Waals surface area contributed by atoms with E-state index >= 15 is 0 Å². The fraction of sp³-hybridized carbons (Fsp3) is 0.529. The molecule has 1 aromatic rings. The summed E-state index contributed by atoms with van der Waals surface area (Å²) in [4.78, 5) is 23.6. The van der Waals surface area contributed by atoms with Crippen molar-refractivity contribution in [1.82, 2.24) is 5.32 Å². The Kier molecular flexibility index (Phi) is 5.85. The molecule has 1 aromatic carbocycles. The van der Waals surface area contributed by atoms with Gasteiger partial charge in [0.2, 0.25) is 0 Å². The van der Waals surface area contributed by atoms with Crippen LogP contribution in [0, 0.1) is 5.92 Å². The molecule has 0 saturated heterocycles. The van der Waals surface area contributed by atoms with Crippen molar-refractivity contribution in [2.24, 2.45) is 5.92 Å². The number of esters is 1. The summed E-state index contributed by atoms with van der Waals surface area (Å²) in [5, 5.41) is 2.84. The Balaban J connectivity index is 1.83. The molecule has 1 aliphatic carbocycles. The van der Waals surface area contributed by atoms with E-state index in [0.29, 0.717) is 5.92 Å². The molecule has 0 bridgehead atoms. The molecule has 1 aliphatic rings. The standard InChI is InChI=1S/C17H20F3NO3/c1-11-4-2-3-5-14(11)21-15(22)10-24-16(23)12-6-8-13(9-7-12)17(18,19)20/h6-9,11,14H,2-5,10H2,1H3,(H,21,22)/t11-,14-/m0/s1. The number of hydrogen-bond donors (Lipinski definition) is 1. The van der Waals surface area contributed by atoms with Gasteiger partial charge in [-0.15, -0.1) is 0 Å².